The number of hydrogen-bond donors (Lipinski definition) is 2. The predicted octanol–water partition coefficient (Wildman–Crippen LogP) is 5.17. The second-order valence-electron chi connectivity index (χ2n) is 10.4. The van der Waals surface area contributed by atoms with Crippen LogP contribution >= 0.6 is 11.8 Å². The van der Waals surface area contributed by atoms with Crippen molar-refractivity contribution in [3.8, 4) is 0 Å². The SMILES string of the molecule is O=C1C(NC(c2ccccc2)(c2ccccc2)c2ccccc2)[C@H]2SCC(Cc3ccccc3)(C(=O)O)CN12. The summed E-state index contributed by atoms with van der Waals surface area (Å²) in [4.78, 5) is 28.1. The second kappa shape index (κ2) is 10.4. The van der Waals surface area contributed by atoms with Crippen LogP contribution in [0.25, 0.3) is 0 Å². The zero-order chi connectivity index (χ0) is 26.9. The lowest BCUT2D eigenvalue weighted by atomic mass is 9.75. The molecule has 6 heteroatoms. The number of carboxylic acids is 1. The van der Waals surface area contributed by atoms with Gasteiger partial charge < -0.3 is 10.0 Å². The minimum atomic E-state index is -1.02. The maximum atomic E-state index is 13.8. The first-order valence-corrected chi connectivity index (χ1v) is 14.2. The molecule has 2 aliphatic rings. The third kappa shape index (κ3) is 4.44. The summed E-state index contributed by atoms with van der Waals surface area (Å²) in [7, 11) is 0. The number of amides is 1. The molecule has 2 aliphatic heterocycles. The van der Waals surface area contributed by atoms with E-state index in [1.54, 1.807) is 16.7 Å². The van der Waals surface area contributed by atoms with Crippen molar-refractivity contribution in [2.75, 3.05) is 12.3 Å². The van der Waals surface area contributed by atoms with Gasteiger partial charge in [0.15, 0.2) is 0 Å². The van der Waals surface area contributed by atoms with E-state index < -0.39 is 23.0 Å². The van der Waals surface area contributed by atoms with Gasteiger partial charge >= 0.3 is 5.97 Å². The van der Waals surface area contributed by atoms with E-state index in [2.05, 4.69) is 41.7 Å². The molecule has 1 amide bonds. The average molecular weight is 535 g/mol. The van der Waals surface area contributed by atoms with Gasteiger partial charge in [0.05, 0.1) is 11.0 Å². The molecule has 0 saturated carbocycles. The fourth-order valence-corrected chi connectivity index (χ4v) is 7.52. The van der Waals surface area contributed by atoms with Crippen LogP contribution in [-0.4, -0.2) is 45.6 Å². The van der Waals surface area contributed by atoms with Gasteiger partial charge in [0.1, 0.15) is 11.4 Å². The van der Waals surface area contributed by atoms with E-state index in [9.17, 15) is 14.7 Å². The number of aliphatic carboxylic acids is 1. The van der Waals surface area contributed by atoms with Crippen molar-refractivity contribution in [2.45, 2.75) is 23.4 Å². The van der Waals surface area contributed by atoms with Crippen molar-refractivity contribution in [3.63, 3.8) is 0 Å². The third-order valence-electron chi connectivity index (χ3n) is 7.98. The molecule has 2 saturated heterocycles. The summed E-state index contributed by atoms with van der Waals surface area (Å²) in [6, 6.07) is 39.9. The molecule has 2 N–H and O–H groups in total. The van der Waals surface area contributed by atoms with Crippen LogP contribution in [0.2, 0.25) is 0 Å². The van der Waals surface area contributed by atoms with Crippen molar-refractivity contribution < 1.29 is 14.7 Å². The molecule has 4 aromatic carbocycles. The highest BCUT2D eigenvalue weighted by molar-refractivity contribution is 8.00. The van der Waals surface area contributed by atoms with Crippen LogP contribution in [0.1, 0.15) is 22.3 Å². The summed E-state index contributed by atoms with van der Waals surface area (Å²) in [5.74, 6) is -0.467. The van der Waals surface area contributed by atoms with E-state index in [-0.39, 0.29) is 17.8 Å². The second-order valence-corrected chi connectivity index (χ2v) is 11.5. The zero-order valence-corrected chi connectivity index (χ0v) is 22.3. The monoisotopic (exact) mass is 534 g/mol. The number of nitrogens with one attached hydrogen (secondary N) is 1. The topological polar surface area (TPSA) is 69.6 Å². The predicted molar refractivity (Wildman–Crippen MR) is 154 cm³/mol. The van der Waals surface area contributed by atoms with Gasteiger partial charge in [0.2, 0.25) is 5.91 Å². The highest BCUT2D eigenvalue weighted by Crippen LogP contribution is 2.46. The first kappa shape index (κ1) is 25.4. The van der Waals surface area contributed by atoms with Crippen molar-refractivity contribution >= 4 is 23.6 Å². The maximum absolute atomic E-state index is 13.8. The molecule has 0 spiro atoms. The fourth-order valence-electron chi connectivity index (χ4n) is 5.97. The Hall–Kier alpha value is -3.87. The third-order valence-corrected chi connectivity index (χ3v) is 9.56. The number of carbonyl (C=O) groups is 2. The Bertz CT molecular complexity index is 1350. The normalized spacial score (nSPS) is 22.6. The molecule has 2 heterocycles. The zero-order valence-electron chi connectivity index (χ0n) is 21.4. The molecular formula is C33H30N2O3S. The fraction of sp³-hybridized carbons (Fsp3) is 0.212. The molecule has 2 unspecified atom stereocenters. The Morgan fingerprint density at radius 3 is 1.74 bits per heavy atom. The number of carboxylic acid groups (broad SMARTS) is 1. The minimum Gasteiger partial charge on any atom is -0.481 e. The van der Waals surface area contributed by atoms with Gasteiger partial charge in [-0.3, -0.25) is 14.9 Å². The summed E-state index contributed by atoms with van der Waals surface area (Å²) in [6.07, 6.45) is 0.396. The number of fused-ring (bicyclic) bond motifs is 1. The van der Waals surface area contributed by atoms with Crippen molar-refractivity contribution in [1.82, 2.24) is 10.2 Å². The van der Waals surface area contributed by atoms with Gasteiger partial charge in [0.25, 0.3) is 0 Å². The molecule has 196 valence electrons. The maximum Gasteiger partial charge on any atom is 0.312 e. The van der Waals surface area contributed by atoms with E-state index in [1.807, 2.05) is 84.9 Å². The summed E-state index contributed by atoms with van der Waals surface area (Å²) >= 11 is 1.57. The lowest BCUT2D eigenvalue weighted by molar-refractivity contribution is -0.158. The molecular weight excluding hydrogens is 504 g/mol. The van der Waals surface area contributed by atoms with E-state index in [1.165, 1.54) is 0 Å². The number of nitrogens with zero attached hydrogens (tertiary/aromatic N) is 1. The van der Waals surface area contributed by atoms with Crippen molar-refractivity contribution in [3.05, 3.63) is 144 Å². The lowest BCUT2D eigenvalue weighted by Crippen LogP contribution is -2.75. The molecule has 0 aromatic heterocycles. The molecule has 6 rings (SSSR count). The summed E-state index contributed by atoms with van der Waals surface area (Å²) in [6.45, 7) is 0.209. The first-order valence-electron chi connectivity index (χ1n) is 13.2. The highest BCUT2D eigenvalue weighted by Gasteiger charge is 2.58. The number of β-lactam (4-membered cyclic amide) rings is 1. The Morgan fingerprint density at radius 1 is 0.821 bits per heavy atom. The smallest absolute Gasteiger partial charge is 0.312 e. The number of thioether (sulfide) groups is 1. The molecule has 0 bridgehead atoms. The van der Waals surface area contributed by atoms with E-state index in [4.69, 9.17) is 0 Å². The molecule has 5 nitrogen and oxygen atoms in total. The Kier molecular flexibility index (Phi) is 6.75. The van der Waals surface area contributed by atoms with Crippen LogP contribution in [-0.2, 0) is 21.5 Å². The van der Waals surface area contributed by atoms with Crippen LogP contribution in [0, 0.1) is 5.41 Å². The summed E-state index contributed by atoms with van der Waals surface area (Å²) in [5.41, 5.74) is 2.31. The van der Waals surface area contributed by atoms with Gasteiger partial charge in [-0.2, -0.15) is 0 Å². The largest absolute Gasteiger partial charge is 0.481 e. The number of benzene rings is 4. The van der Waals surface area contributed by atoms with Crippen molar-refractivity contribution in [1.29, 1.82) is 0 Å². The van der Waals surface area contributed by atoms with E-state index in [0.29, 0.717) is 12.2 Å². The lowest BCUT2D eigenvalue weighted by Gasteiger charge is -2.56. The Balaban J connectivity index is 1.35. The Labute approximate surface area is 232 Å². The van der Waals surface area contributed by atoms with Gasteiger partial charge in [-0.15, -0.1) is 11.8 Å². The minimum absolute atomic E-state index is 0.0574. The molecule has 39 heavy (non-hydrogen) atoms. The first-order chi connectivity index (χ1) is 19.0. The summed E-state index contributed by atoms with van der Waals surface area (Å²) in [5, 5.41) is 14.0. The van der Waals surface area contributed by atoms with E-state index >= 15 is 0 Å². The van der Waals surface area contributed by atoms with E-state index in [0.717, 1.165) is 22.3 Å². The molecule has 0 radical (unpaired) electrons. The van der Waals surface area contributed by atoms with Crippen LogP contribution < -0.4 is 5.32 Å². The van der Waals surface area contributed by atoms with Crippen LogP contribution in [0.3, 0.4) is 0 Å². The van der Waals surface area contributed by atoms with Gasteiger partial charge in [-0.05, 0) is 28.7 Å². The van der Waals surface area contributed by atoms with Crippen molar-refractivity contribution in [2.24, 2.45) is 5.41 Å². The number of carbonyl (C=O) groups excluding carboxylic acids is 1. The van der Waals surface area contributed by atoms with Gasteiger partial charge in [0, 0.05) is 12.3 Å². The number of hydrogen-bond acceptors (Lipinski definition) is 4. The van der Waals surface area contributed by atoms with Gasteiger partial charge in [-0.25, -0.2) is 0 Å². The standard InChI is InChI=1S/C33H30N2O3S/c36-29-28(30-35(29)22-32(23-39-30,31(37)38)21-24-13-5-1-6-14-24)34-33(25-15-7-2-8-16-25,26-17-9-3-10-18-26)27-19-11-4-12-20-27/h1-20,28,30,34H,21-23H2,(H,37,38)/t28?,30-,32?/m1/s1. The molecule has 4 aromatic rings. The van der Waals surface area contributed by atoms with Gasteiger partial charge in [-0.1, -0.05) is 121 Å². The van der Waals surface area contributed by atoms with Crippen LogP contribution in [0.4, 0.5) is 0 Å². The molecule has 2 fully saturated rings. The highest BCUT2D eigenvalue weighted by atomic mass is 32.2. The molecule has 0 aliphatic carbocycles. The van der Waals surface area contributed by atoms with Crippen LogP contribution in [0.15, 0.2) is 121 Å². The molecule has 3 atom stereocenters. The average Bonchev–Trinajstić information content (AvgIpc) is 2.99. The Morgan fingerprint density at radius 2 is 1.28 bits per heavy atom. The number of rotatable bonds is 8. The quantitative estimate of drug-likeness (QED) is 0.241. The summed E-state index contributed by atoms with van der Waals surface area (Å²) < 4.78 is 0. The van der Waals surface area contributed by atoms with Crippen LogP contribution in [0.5, 0.6) is 0 Å².